The smallest absolute Gasteiger partial charge is 0.149 e. The maximum Gasteiger partial charge on any atom is 0.149 e. The van der Waals surface area contributed by atoms with Crippen LogP contribution in [-0.2, 0) is 0 Å². The number of nitrogens with two attached hydrogens (primary N) is 1. The van der Waals surface area contributed by atoms with Crippen molar-refractivity contribution in [2.75, 3.05) is 30.9 Å². The van der Waals surface area contributed by atoms with Crippen LogP contribution in [0.5, 0.6) is 0 Å². The van der Waals surface area contributed by atoms with Gasteiger partial charge in [0.15, 0.2) is 0 Å². The van der Waals surface area contributed by atoms with Crippen LogP contribution in [0.25, 0.3) is 0 Å². The molecule has 1 aromatic rings. The minimum absolute atomic E-state index is 0.251. The summed E-state index contributed by atoms with van der Waals surface area (Å²) in [5.74, 6) is 0.251. The topological polar surface area (TPSA) is 112 Å². The minimum atomic E-state index is -1.26. The summed E-state index contributed by atoms with van der Waals surface area (Å²) in [4.78, 5) is 3.91. The van der Waals surface area contributed by atoms with Crippen molar-refractivity contribution in [3.8, 4) is 0 Å². The van der Waals surface area contributed by atoms with Gasteiger partial charge in [0.05, 0.1) is 30.5 Å². The molecule has 90 valence electrons. The molecule has 0 atom stereocenters. The van der Waals surface area contributed by atoms with Crippen LogP contribution in [0.1, 0.15) is 0 Å². The van der Waals surface area contributed by atoms with Gasteiger partial charge in [-0.05, 0) is 6.07 Å². The molecule has 6 nitrogen and oxygen atoms in total. The van der Waals surface area contributed by atoms with Gasteiger partial charge < -0.3 is 26.4 Å². The number of aliphatic hydroxyl groups is 3. The van der Waals surface area contributed by atoms with Crippen LogP contribution in [0.15, 0.2) is 12.3 Å². The Bertz CT molecular complexity index is 350. The van der Waals surface area contributed by atoms with Gasteiger partial charge in [-0.3, -0.25) is 0 Å². The zero-order chi connectivity index (χ0) is 12.2. The molecule has 0 saturated heterocycles. The number of aliphatic hydroxyl groups excluding tert-OH is 3. The Balaban J connectivity index is 2.93. The summed E-state index contributed by atoms with van der Waals surface area (Å²) in [5.41, 5.74) is 4.65. The largest absolute Gasteiger partial charge is 0.396 e. The molecule has 0 bridgehead atoms. The van der Waals surface area contributed by atoms with Crippen LogP contribution in [0.2, 0.25) is 5.02 Å². The molecular formula is C9H14ClN3O3. The third kappa shape index (κ3) is 2.73. The number of halogens is 1. The van der Waals surface area contributed by atoms with Crippen LogP contribution < -0.4 is 11.1 Å². The highest BCUT2D eigenvalue weighted by molar-refractivity contribution is 6.30. The molecule has 0 aliphatic carbocycles. The maximum absolute atomic E-state index is 9.11. The third-order valence-corrected chi connectivity index (χ3v) is 2.38. The first-order valence-electron chi connectivity index (χ1n) is 4.58. The monoisotopic (exact) mass is 247 g/mol. The highest BCUT2D eigenvalue weighted by atomic mass is 35.5. The molecule has 7 heteroatoms. The van der Waals surface area contributed by atoms with E-state index in [1.54, 1.807) is 0 Å². The van der Waals surface area contributed by atoms with E-state index in [0.29, 0.717) is 5.02 Å². The number of anilines is 2. The molecule has 0 aliphatic heterocycles. The third-order valence-electron chi connectivity index (χ3n) is 2.18. The van der Waals surface area contributed by atoms with E-state index in [0.717, 1.165) is 0 Å². The predicted octanol–water partition coefficient (Wildman–Crippen LogP) is -0.555. The van der Waals surface area contributed by atoms with E-state index in [1.165, 1.54) is 12.3 Å². The predicted molar refractivity (Wildman–Crippen MR) is 61.3 cm³/mol. The van der Waals surface area contributed by atoms with Crippen molar-refractivity contribution in [2.45, 2.75) is 5.54 Å². The number of hydrogen-bond acceptors (Lipinski definition) is 6. The summed E-state index contributed by atoms with van der Waals surface area (Å²) in [6.45, 7) is -1.36. The number of aromatic nitrogens is 1. The van der Waals surface area contributed by atoms with Gasteiger partial charge in [-0.15, -0.1) is 0 Å². The van der Waals surface area contributed by atoms with Crippen molar-refractivity contribution >= 4 is 23.1 Å². The molecular weight excluding hydrogens is 234 g/mol. The summed E-state index contributed by atoms with van der Waals surface area (Å²) in [7, 11) is 0. The molecule has 6 N–H and O–H groups in total. The zero-order valence-corrected chi connectivity index (χ0v) is 9.28. The van der Waals surface area contributed by atoms with Crippen molar-refractivity contribution in [3.05, 3.63) is 17.3 Å². The molecule has 0 amide bonds. The van der Waals surface area contributed by atoms with Gasteiger partial charge >= 0.3 is 0 Å². The maximum atomic E-state index is 9.11. The minimum Gasteiger partial charge on any atom is -0.396 e. The molecule has 0 radical (unpaired) electrons. The molecule has 1 aromatic heterocycles. The highest BCUT2D eigenvalue weighted by Crippen LogP contribution is 2.22. The summed E-state index contributed by atoms with van der Waals surface area (Å²) in [6.07, 6.45) is 1.37. The lowest BCUT2D eigenvalue weighted by molar-refractivity contribution is 0.0831. The van der Waals surface area contributed by atoms with Gasteiger partial charge in [0.2, 0.25) is 0 Å². The van der Waals surface area contributed by atoms with Gasteiger partial charge in [0, 0.05) is 6.20 Å². The van der Waals surface area contributed by atoms with Gasteiger partial charge in [-0.2, -0.15) is 0 Å². The van der Waals surface area contributed by atoms with E-state index in [-0.39, 0.29) is 11.5 Å². The molecule has 0 unspecified atom stereocenters. The van der Waals surface area contributed by atoms with Crippen LogP contribution in [0.3, 0.4) is 0 Å². The lowest BCUT2D eigenvalue weighted by Crippen LogP contribution is -2.49. The second-order valence-corrected chi connectivity index (χ2v) is 3.91. The lowest BCUT2D eigenvalue weighted by atomic mass is 10.0. The van der Waals surface area contributed by atoms with Gasteiger partial charge in [-0.1, -0.05) is 11.6 Å². The SMILES string of the molecule is Nc1cc(Cl)cnc1NC(CO)(CO)CO. The highest BCUT2D eigenvalue weighted by Gasteiger charge is 2.28. The average Bonchev–Trinajstić information content (AvgIpc) is 2.29. The first-order valence-corrected chi connectivity index (χ1v) is 4.96. The molecule has 16 heavy (non-hydrogen) atoms. The van der Waals surface area contributed by atoms with E-state index >= 15 is 0 Å². The molecule has 0 aromatic carbocycles. The Kier molecular flexibility index (Phi) is 4.31. The Morgan fingerprint density at radius 3 is 2.31 bits per heavy atom. The van der Waals surface area contributed by atoms with Gasteiger partial charge in [0.1, 0.15) is 11.4 Å². The molecule has 0 saturated carbocycles. The van der Waals surface area contributed by atoms with E-state index in [1.807, 2.05) is 0 Å². The average molecular weight is 248 g/mol. The standard InChI is InChI=1S/C9H14ClN3O3/c10-6-1-7(11)8(12-2-6)13-9(3-14,4-15)5-16/h1-2,14-16H,3-5,11H2,(H,12,13). The number of nitrogens with zero attached hydrogens (tertiary/aromatic N) is 1. The van der Waals surface area contributed by atoms with E-state index in [4.69, 9.17) is 32.7 Å². The first-order chi connectivity index (χ1) is 7.56. The van der Waals surface area contributed by atoms with Gasteiger partial charge in [-0.25, -0.2) is 4.98 Å². The van der Waals surface area contributed by atoms with Crippen molar-refractivity contribution in [1.29, 1.82) is 0 Å². The van der Waals surface area contributed by atoms with Gasteiger partial charge in [0.25, 0.3) is 0 Å². The Labute approximate surface area is 97.7 Å². The molecule has 1 rings (SSSR count). The van der Waals surface area contributed by atoms with E-state index in [9.17, 15) is 0 Å². The molecule has 0 fully saturated rings. The lowest BCUT2D eigenvalue weighted by Gasteiger charge is -2.29. The number of rotatable bonds is 5. The number of nitrogens with one attached hydrogen (secondary N) is 1. The number of pyridine rings is 1. The summed E-state index contributed by atoms with van der Waals surface area (Å²) in [5, 5.41) is 30.4. The van der Waals surface area contributed by atoms with Crippen molar-refractivity contribution in [1.82, 2.24) is 4.98 Å². The quantitative estimate of drug-likeness (QED) is 0.477. The van der Waals surface area contributed by atoms with E-state index in [2.05, 4.69) is 10.3 Å². The fourth-order valence-electron chi connectivity index (χ4n) is 1.08. The Morgan fingerprint density at radius 2 is 1.88 bits per heavy atom. The zero-order valence-electron chi connectivity index (χ0n) is 8.52. The van der Waals surface area contributed by atoms with E-state index < -0.39 is 25.4 Å². The van der Waals surface area contributed by atoms with Crippen molar-refractivity contribution < 1.29 is 15.3 Å². The van der Waals surface area contributed by atoms with Crippen LogP contribution in [0.4, 0.5) is 11.5 Å². The molecule has 0 spiro atoms. The molecule has 1 heterocycles. The summed E-state index contributed by atoms with van der Waals surface area (Å²) < 4.78 is 0. The first kappa shape index (κ1) is 13.0. The Hall–Kier alpha value is -1.08. The Morgan fingerprint density at radius 1 is 1.31 bits per heavy atom. The normalized spacial score (nSPS) is 11.5. The van der Waals surface area contributed by atoms with Crippen LogP contribution >= 0.6 is 11.6 Å². The summed E-state index contributed by atoms with van der Waals surface area (Å²) in [6, 6.07) is 1.48. The van der Waals surface area contributed by atoms with Crippen molar-refractivity contribution in [3.63, 3.8) is 0 Å². The summed E-state index contributed by atoms with van der Waals surface area (Å²) >= 11 is 5.67. The molecule has 0 aliphatic rings. The van der Waals surface area contributed by atoms with Crippen LogP contribution in [0, 0.1) is 0 Å². The second-order valence-electron chi connectivity index (χ2n) is 3.47. The number of nitrogen functional groups attached to an aromatic ring is 1. The fraction of sp³-hybridized carbons (Fsp3) is 0.444. The van der Waals surface area contributed by atoms with Crippen molar-refractivity contribution in [2.24, 2.45) is 0 Å². The second kappa shape index (κ2) is 5.31. The van der Waals surface area contributed by atoms with Crippen LogP contribution in [-0.4, -0.2) is 45.7 Å². The number of hydrogen-bond donors (Lipinski definition) is 5. The fourth-order valence-corrected chi connectivity index (χ4v) is 1.25.